The van der Waals surface area contributed by atoms with Crippen LogP contribution in [0.2, 0.25) is 0 Å². The Hall–Kier alpha value is -1.86. The van der Waals surface area contributed by atoms with Gasteiger partial charge >= 0.3 is 5.97 Å². The Morgan fingerprint density at radius 2 is 2.15 bits per heavy atom. The van der Waals surface area contributed by atoms with Crippen LogP contribution in [0.15, 0.2) is 18.2 Å². The molecule has 0 aliphatic rings. The molecule has 7 nitrogen and oxygen atoms in total. The Kier molecular flexibility index (Phi) is 6.95. The first-order valence-corrected chi connectivity index (χ1v) is 5.61. The number of nitro benzene ring substituents is 1. The fourth-order valence-electron chi connectivity index (χ4n) is 1.60. The summed E-state index contributed by atoms with van der Waals surface area (Å²) in [6, 6.07) is 3.56. The third-order valence-corrected chi connectivity index (χ3v) is 2.91. The predicted octanol–water partition coefficient (Wildman–Crippen LogP) is 1.93. The van der Waals surface area contributed by atoms with E-state index < -0.39 is 16.9 Å². The van der Waals surface area contributed by atoms with Crippen LogP contribution >= 0.6 is 12.4 Å². The first kappa shape index (κ1) is 18.1. The van der Waals surface area contributed by atoms with Gasteiger partial charge < -0.3 is 9.84 Å². The number of ether oxygens (including phenoxy) is 1. The summed E-state index contributed by atoms with van der Waals surface area (Å²) in [6.07, 6.45) is 0. The van der Waals surface area contributed by atoms with E-state index in [1.165, 1.54) is 25.3 Å². The number of rotatable bonds is 6. The van der Waals surface area contributed by atoms with E-state index in [-0.39, 0.29) is 24.6 Å². The van der Waals surface area contributed by atoms with Crippen LogP contribution in [0.25, 0.3) is 0 Å². The van der Waals surface area contributed by atoms with Crippen LogP contribution in [0.1, 0.15) is 12.5 Å². The van der Waals surface area contributed by atoms with Gasteiger partial charge in [-0.3, -0.25) is 19.8 Å². The van der Waals surface area contributed by atoms with Gasteiger partial charge in [0.1, 0.15) is 11.8 Å². The monoisotopic (exact) mass is 304 g/mol. The molecule has 8 heteroatoms. The lowest BCUT2D eigenvalue weighted by Gasteiger charge is -2.22. The Balaban J connectivity index is 0.00000361. The quantitative estimate of drug-likeness (QED) is 0.637. The highest BCUT2D eigenvalue weighted by molar-refractivity contribution is 5.85. The van der Waals surface area contributed by atoms with Gasteiger partial charge in [0.25, 0.3) is 5.69 Å². The molecule has 1 aromatic rings. The molecule has 0 heterocycles. The summed E-state index contributed by atoms with van der Waals surface area (Å²) in [7, 11) is 3.10. The van der Waals surface area contributed by atoms with E-state index in [0.717, 1.165) is 0 Å². The number of nitro groups is 1. The molecule has 0 bridgehead atoms. The van der Waals surface area contributed by atoms with Gasteiger partial charge in [-0.15, -0.1) is 12.4 Å². The minimum absolute atomic E-state index is 0. The van der Waals surface area contributed by atoms with Gasteiger partial charge in [0.15, 0.2) is 0 Å². The zero-order valence-corrected chi connectivity index (χ0v) is 12.2. The number of hydrogen-bond acceptors (Lipinski definition) is 5. The maximum Gasteiger partial charge on any atom is 0.320 e. The van der Waals surface area contributed by atoms with Gasteiger partial charge in [0.05, 0.1) is 12.0 Å². The van der Waals surface area contributed by atoms with Crippen molar-refractivity contribution < 1.29 is 19.6 Å². The lowest BCUT2D eigenvalue weighted by molar-refractivity contribution is -0.384. The molecule has 112 valence electrons. The average Bonchev–Trinajstić information content (AvgIpc) is 2.37. The Labute approximate surface area is 122 Å². The van der Waals surface area contributed by atoms with Crippen molar-refractivity contribution in [1.82, 2.24) is 4.90 Å². The lowest BCUT2D eigenvalue weighted by Crippen LogP contribution is -2.35. The molecule has 1 rings (SSSR count). The molecule has 0 saturated heterocycles. The predicted molar refractivity (Wildman–Crippen MR) is 75.5 cm³/mol. The molecular weight excluding hydrogens is 288 g/mol. The SMILES string of the molecule is COc1ccc([N+](=O)[O-])cc1CN(C)C(C)C(=O)O.Cl. The number of carbonyl (C=O) groups is 1. The normalized spacial score (nSPS) is 11.6. The summed E-state index contributed by atoms with van der Waals surface area (Å²) in [5.41, 5.74) is 0.527. The number of benzene rings is 1. The summed E-state index contributed by atoms with van der Waals surface area (Å²) in [6.45, 7) is 1.80. The number of nitrogens with zero attached hydrogens (tertiary/aromatic N) is 2. The van der Waals surface area contributed by atoms with E-state index in [4.69, 9.17) is 9.84 Å². The van der Waals surface area contributed by atoms with Crippen molar-refractivity contribution in [2.75, 3.05) is 14.2 Å². The van der Waals surface area contributed by atoms with Crippen LogP contribution in [0, 0.1) is 10.1 Å². The molecular formula is C12H17ClN2O5. The van der Waals surface area contributed by atoms with Gasteiger partial charge in [-0.1, -0.05) is 0 Å². The first-order valence-electron chi connectivity index (χ1n) is 5.61. The molecule has 0 aliphatic carbocycles. The van der Waals surface area contributed by atoms with Crippen molar-refractivity contribution in [2.24, 2.45) is 0 Å². The Bertz CT molecular complexity index is 495. The molecule has 0 aromatic heterocycles. The van der Waals surface area contributed by atoms with Gasteiger partial charge in [0.2, 0.25) is 0 Å². The zero-order chi connectivity index (χ0) is 14.6. The number of hydrogen-bond donors (Lipinski definition) is 1. The molecule has 1 atom stereocenters. The Morgan fingerprint density at radius 1 is 1.55 bits per heavy atom. The third kappa shape index (κ3) is 4.36. The highest BCUT2D eigenvalue weighted by atomic mass is 35.5. The molecule has 0 aliphatic heterocycles. The van der Waals surface area contributed by atoms with Crippen molar-refractivity contribution in [3.63, 3.8) is 0 Å². The number of carboxylic acid groups (broad SMARTS) is 1. The van der Waals surface area contributed by atoms with Crippen LogP contribution in [0.4, 0.5) is 5.69 Å². The van der Waals surface area contributed by atoms with Crippen molar-refractivity contribution in [2.45, 2.75) is 19.5 Å². The number of halogens is 1. The molecule has 0 saturated carbocycles. The second kappa shape index (κ2) is 7.66. The minimum atomic E-state index is -0.952. The van der Waals surface area contributed by atoms with E-state index in [0.29, 0.717) is 11.3 Å². The molecule has 0 amide bonds. The van der Waals surface area contributed by atoms with Crippen molar-refractivity contribution in [3.8, 4) is 5.75 Å². The smallest absolute Gasteiger partial charge is 0.320 e. The van der Waals surface area contributed by atoms with Crippen LogP contribution < -0.4 is 4.74 Å². The molecule has 20 heavy (non-hydrogen) atoms. The van der Waals surface area contributed by atoms with E-state index in [1.54, 1.807) is 18.9 Å². The lowest BCUT2D eigenvalue weighted by atomic mass is 10.1. The zero-order valence-electron chi connectivity index (χ0n) is 11.4. The van der Waals surface area contributed by atoms with Crippen molar-refractivity contribution in [1.29, 1.82) is 0 Å². The number of methoxy groups -OCH3 is 1. The van der Waals surface area contributed by atoms with E-state index in [2.05, 4.69) is 0 Å². The fraction of sp³-hybridized carbons (Fsp3) is 0.417. The largest absolute Gasteiger partial charge is 0.496 e. The maximum atomic E-state index is 10.9. The van der Waals surface area contributed by atoms with Gasteiger partial charge in [-0.2, -0.15) is 0 Å². The van der Waals surface area contributed by atoms with Gasteiger partial charge in [-0.05, 0) is 20.0 Å². The molecule has 0 fully saturated rings. The standard InChI is InChI=1S/C12H16N2O5.ClH/c1-8(12(15)16)13(2)7-9-6-10(14(17)18)4-5-11(9)19-3;/h4-6,8H,7H2,1-3H3,(H,15,16);1H. The van der Waals surface area contributed by atoms with Crippen LogP contribution in [0.3, 0.4) is 0 Å². The molecule has 1 N–H and O–H groups in total. The van der Waals surface area contributed by atoms with Crippen molar-refractivity contribution in [3.05, 3.63) is 33.9 Å². The van der Waals surface area contributed by atoms with Crippen molar-refractivity contribution >= 4 is 24.1 Å². The second-order valence-corrected chi connectivity index (χ2v) is 4.18. The highest BCUT2D eigenvalue weighted by Crippen LogP contribution is 2.25. The molecule has 1 unspecified atom stereocenters. The number of carboxylic acids is 1. The second-order valence-electron chi connectivity index (χ2n) is 4.18. The summed E-state index contributed by atoms with van der Waals surface area (Å²) in [4.78, 5) is 22.7. The Morgan fingerprint density at radius 3 is 2.60 bits per heavy atom. The van der Waals surface area contributed by atoms with Gasteiger partial charge in [0, 0.05) is 24.2 Å². The molecule has 1 aromatic carbocycles. The minimum Gasteiger partial charge on any atom is -0.496 e. The molecule has 0 spiro atoms. The van der Waals surface area contributed by atoms with E-state index in [9.17, 15) is 14.9 Å². The van der Waals surface area contributed by atoms with E-state index in [1.807, 2.05) is 0 Å². The average molecular weight is 305 g/mol. The third-order valence-electron chi connectivity index (χ3n) is 2.91. The topological polar surface area (TPSA) is 92.9 Å². The maximum absolute atomic E-state index is 10.9. The highest BCUT2D eigenvalue weighted by Gasteiger charge is 2.19. The van der Waals surface area contributed by atoms with Crippen LogP contribution in [0.5, 0.6) is 5.75 Å². The van der Waals surface area contributed by atoms with Crippen LogP contribution in [-0.2, 0) is 11.3 Å². The summed E-state index contributed by atoms with van der Waals surface area (Å²) in [5, 5.41) is 19.7. The molecule has 0 radical (unpaired) electrons. The number of likely N-dealkylation sites (N-methyl/N-ethyl adjacent to an activating group) is 1. The van der Waals surface area contributed by atoms with Crippen LogP contribution in [-0.4, -0.2) is 41.1 Å². The first-order chi connectivity index (χ1) is 8.86. The summed E-state index contributed by atoms with van der Waals surface area (Å²) < 4.78 is 5.12. The van der Waals surface area contributed by atoms with Gasteiger partial charge in [-0.25, -0.2) is 0 Å². The fourth-order valence-corrected chi connectivity index (χ4v) is 1.60. The summed E-state index contributed by atoms with van der Waals surface area (Å²) in [5.74, 6) is -0.457. The summed E-state index contributed by atoms with van der Waals surface area (Å²) >= 11 is 0. The number of aliphatic carboxylic acids is 1. The number of non-ortho nitro benzene ring substituents is 1. The van der Waals surface area contributed by atoms with E-state index >= 15 is 0 Å².